The van der Waals surface area contributed by atoms with Gasteiger partial charge in [-0.25, -0.2) is 0 Å². The molecule has 1 nitrogen and oxygen atoms in total. The van der Waals surface area contributed by atoms with E-state index < -0.39 is 0 Å². The molecular weight excluding hydrogens is 250 g/mol. The zero-order valence-electron chi connectivity index (χ0n) is 9.97. The number of benzene rings is 1. The van der Waals surface area contributed by atoms with E-state index >= 15 is 0 Å². The van der Waals surface area contributed by atoms with Gasteiger partial charge in [-0.2, -0.15) is 0 Å². The molecular formula is C13H20BrN. The van der Waals surface area contributed by atoms with Crippen LogP contribution in [0.15, 0.2) is 28.7 Å². The van der Waals surface area contributed by atoms with Crippen LogP contribution in [0, 0.1) is 0 Å². The smallest absolute Gasteiger partial charge is 0.0379 e. The van der Waals surface area contributed by atoms with Crippen molar-refractivity contribution in [3.8, 4) is 0 Å². The van der Waals surface area contributed by atoms with Crippen molar-refractivity contribution in [1.82, 2.24) is 5.32 Å². The molecule has 15 heavy (non-hydrogen) atoms. The molecule has 0 bridgehead atoms. The molecule has 0 saturated carbocycles. The lowest BCUT2D eigenvalue weighted by atomic mass is 9.93. The third-order valence-electron chi connectivity index (χ3n) is 2.79. The first-order chi connectivity index (χ1) is 6.95. The highest BCUT2D eigenvalue weighted by Crippen LogP contribution is 2.22. The highest BCUT2D eigenvalue weighted by atomic mass is 79.9. The van der Waals surface area contributed by atoms with Gasteiger partial charge < -0.3 is 5.32 Å². The highest BCUT2D eigenvalue weighted by Gasteiger charge is 2.21. The minimum Gasteiger partial charge on any atom is -0.305 e. The maximum Gasteiger partial charge on any atom is 0.0379 e. The van der Waals surface area contributed by atoms with Gasteiger partial charge in [-0.3, -0.25) is 0 Å². The van der Waals surface area contributed by atoms with Crippen molar-refractivity contribution in [1.29, 1.82) is 0 Å². The van der Waals surface area contributed by atoms with Crippen LogP contribution in [-0.2, 0) is 5.54 Å². The molecule has 1 unspecified atom stereocenters. The summed E-state index contributed by atoms with van der Waals surface area (Å²) in [6.45, 7) is 8.88. The first-order valence-corrected chi connectivity index (χ1v) is 6.28. The Morgan fingerprint density at radius 2 is 1.80 bits per heavy atom. The summed E-state index contributed by atoms with van der Waals surface area (Å²) >= 11 is 3.46. The number of rotatable bonds is 4. The van der Waals surface area contributed by atoms with Crippen LogP contribution >= 0.6 is 15.9 Å². The second-order valence-corrected chi connectivity index (χ2v) is 5.50. The van der Waals surface area contributed by atoms with Gasteiger partial charge in [-0.15, -0.1) is 0 Å². The lowest BCUT2D eigenvalue weighted by Crippen LogP contribution is -2.42. The summed E-state index contributed by atoms with van der Waals surface area (Å²) in [6, 6.07) is 9.06. The predicted octanol–water partition coefficient (Wildman–Crippen LogP) is 4.07. The van der Waals surface area contributed by atoms with Crippen molar-refractivity contribution in [3.63, 3.8) is 0 Å². The Morgan fingerprint density at radius 1 is 1.27 bits per heavy atom. The maximum absolute atomic E-state index is 3.63. The zero-order chi connectivity index (χ0) is 11.5. The van der Waals surface area contributed by atoms with Crippen molar-refractivity contribution >= 4 is 15.9 Å². The third-order valence-corrected chi connectivity index (χ3v) is 3.31. The lowest BCUT2D eigenvalue weighted by Gasteiger charge is -2.30. The molecule has 1 atom stereocenters. The average Bonchev–Trinajstić information content (AvgIpc) is 2.17. The van der Waals surface area contributed by atoms with Gasteiger partial charge in [-0.1, -0.05) is 35.0 Å². The van der Waals surface area contributed by atoms with Crippen LogP contribution in [0.3, 0.4) is 0 Å². The first-order valence-electron chi connectivity index (χ1n) is 5.49. The van der Waals surface area contributed by atoms with E-state index in [4.69, 9.17) is 0 Å². The van der Waals surface area contributed by atoms with Crippen LogP contribution < -0.4 is 5.32 Å². The Kier molecular flexibility index (Phi) is 4.35. The Labute approximate surface area is 101 Å². The number of halogens is 1. The standard InChI is InChI=1S/C13H20BrN/c1-5-10(2)15-13(3,4)11-6-8-12(14)9-7-11/h6-10,15H,5H2,1-4H3. The van der Waals surface area contributed by atoms with Gasteiger partial charge in [-0.05, 0) is 44.9 Å². The molecule has 0 aliphatic heterocycles. The SMILES string of the molecule is CCC(C)NC(C)(C)c1ccc(Br)cc1. The Hall–Kier alpha value is -0.340. The molecule has 0 spiro atoms. The minimum absolute atomic E-state index is 0.0378. The molecule has 1 aromatic carbocycles. The second kappa shape index (κ2) is 5.13. The van der Waals surface area contributed by atoms with Crippen molar-refractivity contribution in [2.24, 2.45) is 0 Å². The fraction of sp³-hybridized carbons (Fsp3) is 0.538. The first kappa shape index (κ1) is 12.7. The molecule has 0 aliphatic carbocycles. The van der Waals surface area contributed by atoms with Crippen molar-refractivity contribution in [2.45, 2.75) is 45.7 Å². The normalized spacial score (nSPS) is 13.9. The summed E-state index contributed by atoms with van der Waals surface area (Å²) in [5, 5.41) is 3.63. The largest absolute Gasteiger partial charge is 0.305 e. The predicted molar refractivity (Wildman–Crippen MR) is 70.1 cm³/mol. The third kappa shape index (κ3) is 3.62. The molecule has 0 aromatic heterocycles. The van der Waals surface area contributed by atoms with Gasteiger partial charge in [0.05, 0.1) is 0 Å². The van der Waals surface area contributed by atoms with E-state index in [-0.39, 0.29) is 5.54 Å². The number of hydrogen-bond donors (Lipinski definition) is 1. The summed E-state index contributed by atoms with van der Waals surface area (Å²) in [6.07, 6.45) is 1.15. The lowest BCUT2D eigenvalue weighted by molar-refractivity contribution is 0.347. The Morgan fingerprint density at radius 3 is 2.27 bits per heavy atom. The molecule has 1 aromatic rings. The van der Waals surface area contributed by atoms with Crippen molar-refractivity contribution in [3.05, 3.63) is 34.3 Å². The van der Waals surface area contributed by atoms with E-state index in [2.05, 4.69) is 73.2 Å². The van der Waals surface area contributed by atoms with Crippen LogP contribution in [-0.4, -0.2) is 6.04 Å². The topological polar surface area (TPSA) is 12.0 Å². The Balaban J connectivity index is 2.80. The maximum atomic E-state index is 3.63. The van der Waals surface area contributed by atoms with Crippen LogP contribution in [0.2, 0.25) is 0 Å². The van der Waals surface area contributed by atoms with Gasteiger partial charge in [0.1, 0.15) is 0 Å². The molecule has 0 aliphatic rings. The van der Waals surface area contributed by atoms with Crippen LogP contribution in [0.5, 0.6) is 0 Å². The molecule has 2 heteroatoms. The van der Waals surface area contributed by atoms with E-state index in [1.165, 1.54) is 5.56 Å². The second-order valence-electron chi connectivity index (χ2n) is 4.59. The number of hydrogen-bond acceptors (Lipinski definition) is 1. The fourth-order valence-electron chi connectivity index (χ4n) is 1.67. The molecule has 1 N–H and O–H groups in total. The van der Waals surface area contributed by atoms with E-state index in [1.807, 2.05) is 0 Å². The molecule has 0 saturated heterocycles. The van der Waals surface area contributed by atoms with E-state index in [9.17, 15) is 0 Å². The molecule has 0 amide bonds. The Bertz CT molecular complexity index is 303. The van der Waals surface area contributed by atoms with Crippen LogP contribution in [0.25, 0.3) is 0 Å². The molecule has 0 fully saturated rings. The summed E-state index contributed by atoms with van der Waals surface area (Å²) in [5.41, 5.74) is 1.36. The fourth-order valence-corrected chi connectivity index (χ4v) is 1.93. The van der Waals surface area contributed by atoms with Gasteiger partial charge in [0.2, 0.25) is 0 Å². The summed E-state index contributed by atoms with van der Waals surface area (Å²) in [5.74, 6) is 0. The average molecular weight is 270 g/mol. The minimum atomic E-state index is 0.0378. The van der Waals surface area contributed by atoms with Crippen molar-refractivity contribution < 1.29 is 0 Å². The molecule has 0 heterocycles. The molecule has 84 valence electrons. The quantitative estimate of drug-likeness (QED) is 0.869. The zero-order valence-corrected chi connectivity index (χ0v) is 11.6. The van der Waals surface area contributed by atoms with Crippen LogP contribution in [0.1, 0.15) is 39.7 Å². The van der Waals surface area contributed by atoms with E-state index in [1.54, 1.807) is 0 Å². The monoisotopic (exact) mass is 269 g/mol. The van der Waals surface area contributed by atoms with Gasteiger partial charge in [0.25, 0.3) is 0 Å². The summed E-state index contributed by atoms with van der Waals surface area (Å²) in [7, 11) is 0. The van der Waals surface area contributed by atoms with E-state index in [0.29, 0.717) is 6.04 Å². The van der Waals surface area contributed by atoms with Gasteiger partial charge in [0.15, 0.2) is 0 Å². The summed E-state index contributed by atoms with van der Waals surface area (Å²) in [4.78, 5) is 0. The van der Waals surface area contributed by atoms with Crippen molar-refractivity contribution in [2.75, 3.05) is 0 Å². The van der Waals surface area contributed by atoms with Gasteiger partial charge in [0, 0.05) is 16.1 Å². The number of nitrogens with one attached hydrogen (secondary N) is 1. The van der Waals surface area contributed by atoms with Gasteiger partial charge >= 0.3 is 0 Å². The van der Waals surface area contributed by atoms with Crippen LogP contribution in [0.4, 0.5) is 0 Å². The molecule has 1 rings (SSSR count). The summed E-state index contributed by atoms with van der Waals surface area (Å²) < 4.78 is 1.13. The van der Waals surface area contributed by atoms with E-state index in [0.717, 1.165) is 10.9 Å². The highest BCUT2D eigenvalue weighted by molar-refractivity contribution is 9.10. The molecule has 0 radical (unpaired) electrons.